The van der Waals surface area contributed by atoms with E-state index in [0.29, 0.717) is 0 Å². The normalized spacial score (nSPS) is 42.9. The van der Waals surface area contributed by atoms with Gasteiger partial charge in [0.25, 0.3) is 0 Å². The standard InChI is InChI=1S/C23H40OSi/c1-15(2)25(16(3)4,17(5)6)14-18-13-22-11-7-9-19(22)20-10-8-12-23(18,20)21(22)24/h15-20H,7-14H2,1-6H3/t18-,19?,20-,22+,23-/m1/s1. The number of rotatable bonds is 5. The first-order valence-corrected chi connectivity index (χ1v) is 13.7. The lowest BCUT2D eigenvalue weighted by atomic mass is 9.64. The summed E-state index contributed by atoms with van der Waals surface area (Å²) in [5, 5.41) is 0. The van der Waals surface area contributed by atoms with Gasteiger partial charge in [-0.2, -0.15) is 0 Å². The van der Waals surface area contributed by atoms with Crippen molar-refractivity contribution in [3.05, 3.63) is 0 Å². The van der Waals surface area contributed by atoms with Gasteiger partial charge in [0.05, 0.1) is 8.07 Å². The molecule has 2 spiro atoms. The van der Waals surface area contributed by atoms with Crippen molar-refractivity contribution in [3.63, 3.8) is 0 Å². The van der Waals surface area contributed by atoms with E-state index in [2.05, 4.69) is 41.5 Å². The Hall–Kier alpha value is -0.113. The lowest BCUT2D eigenvalue weighted by molar-refractivity contribution is -0.130. The molecule has 0 saturated heterocycles. The van der Waals surface area contributed by atoms with E-state index in [1.54, 1.807) is 0 Å². The highest BCUT2D eigenvalue weighted by Crippen LogP contribution is 2.77. The average molecular weight is 361 g/mol. The smallest absolute Gasteiger partial charge is 0.146 e. The zero-order valence-electron chi connectivity index (χ0n) is 17.5. The number of carbonyl (C=O) groups excluding carboxylic acids is 1. The minimum atomic E-state index is -1.42. The van der Waals surface area contributed by atoms with Gasteiger partial charge in [0, 0.05) is 10.8 Å². The van der Waals surface area contributed by atoms with Crippen molar-refractivity contribution in [2.75, 3.05) is 0 Å². The summed E-state index contributed by atoms with van der Waals surface area (Å²) < 4.78 is 0. The van der Waals surface area contributed by atoms with Crippen molar-refractivity contribution in [1.29, 1.82) is 0 Å². The molecule has 0 aromatic carbocycles. The molecule has 4 rings (SSSR count). The molecule has 2 bridgehead atoms. The van der Waals surface area contributed by atoms with E-state index in [-0.39, 0.29) is 10.8 Å². The molecular formula is C23H40OSi. The minimum absolute atomic E-state index is 0.141. The molecule has 0 heterocycles. The van der Waals surface area contributed by atoms with Crippen LogP contribution in [0.3, 0.4) is 0 Å². The predicted molar refractivity (Wildman–Crippen MR) is 109 cm³/mol. The summed E-state index contributed by atoms with van der Waals surface area (Å²) in [6, 6.07) is 1.44. The van der Waals surface area contributed by atoms with Crippen LogP contribution < -0.4 is 0 Å². The van der Waals surface area contributed by atoms with Gasteiger partial charge in [-0.05, 0) is 49.9 Å². The number of Topliss-reactive ketones (excluding diaryl/α,β-unsaturated/α-hetero) is 1. The van der Waals surface area contributed by atoms with Crippen LogP contribution in [-0.2, 0) is 4.79 Å². The van der Waals surface area contributed by atoms with E-state index in [4.69, 9.17) is 0 Å². The largest absolute Gasteiger partial charge is 0.298 e. The Morgan fingerprint density at radius 3 is 2.08 bits per heavy atom. The number of hydrogen-bond donors (Lipinski definition) is 0. The third-order valence-electron chi connectivity index (χ3n) is 10.1. The lowest BCUT2D eigenvalue weighted by Crippen LogP contribution is -2.49. The second kappa shape index (κ2) is 5.69. The molecule has 25 heavy (non-hydrogen) atoms. The Labute approximate surface area is 156 Å². The number of carbonyl (C=O) groups is 1. The highest BCUT2D eigenvalue weighted by Gasteiger charge is 2.77. The zero-order valence-corrected chi connectivity index (χ0v) is 18.5. The third kappa shape index (κ3) is 1.99. The number of hydrogen-bond acceptors (Lipinski definition) is 1. The van der Waals surface area contributed by atoms with E-state index in [1.165, 1.54) is 51.0 Å². The van der Waals surface area contributed by atoms with Crippen LogP contribution in [0.5, 0.6) is 0 Å². The second-order valence-corrected chi connectivity index (χ2v) is 17.3. The highest BCUT2D eigenvalue weighted by molar-refractivity contribution is 6.83. The first-order valence-electron chi connectivity index (χ1n) is 11.3. The SMILES string of the molecule is CC(C)[Si](C[C@H]1C[C@@]23CCCC2[C@H]2CCC[C@@]12C3=O)(C(C)C)C(C)C. The van der Waals surface area contributed by atoms with Crippen molar-refractivity contribution in [2.24, 2.45) is 28.6 Å². The molecule has 5 atom stereocenters. The van der Waals surface area contributed by atoms with E-state index in [0.717, 1.165) is 40.2 Å². The van der Waals surface area contributed by atoms with E-state index >= 15 is 0 Å². The van der Waals surface area contributed by atoms with Gasteiger partial charge in [0.1, 0.15) is 5.78 Å². The Kier molecular flexibility index (Phi) is 4.16. The fourth-order valence-corrected chi connectivity index (χ4v) is 16.2. The molecule has 0 radical (unpaired) electrons. The number of ketones is 1. The third-order valence-corrected chi connectivity index (χ3v) is 17.8. The van der Waals surface area contributed by atoms with Crippen molar-refractivity contribution in [1.82, 2.24) is 0 Å². The average Bonchev–Trinajstić information content (AvgIpc) is 3.22. The Bertz CT molecular complexity index is 543. The van der Waals surface area contributed by atoms with Crippen molar-refractivity contribution < 1.29 is 4.79 Å². The Morgan fingerprint density at radius 2 is 1.48 bits per heavy atom. The molecule has 0 N–H and O–H groups in total. The monoisotopic (exact) mass is 360 g/mol. The molecule has 142 valence electrons. The molecule has 1 nitrogen and oxygen atoms in total. The van der Waals surface area contributed by atoms with E-state index in [9.17, 15) is 4.79 Å². The van der Waals surface area contributed by atoms with Gasteiger partial charge in [-0.15, -0.1) is 0 Å². The molecular weight excluding hydrogens is 320 g/mol. The maximum atomic E-state index is 13.8. The molecule has 4 fully saturated rings. The molecule has 2 heteroatoms. The highest BCUT2D eigenvalue weighted by atomic mass is 28.3. The minimum Gasteiger partial charge on any atom is -0.298 e. The second-order valence-electron chi connectivity index (χ2n) is 11.2. The van der Waals surface area contributed by atoms with Crippen LogP contribution in [0.15, 0.2) is 0 Å². The van der Waals surface area contributed by atoms with Crippen molar-refractivity contribution in [3.8, 4) is 0 Å². The molecule has 4 aliphatic rings. The van der Waals surface area contributed by atoms with Crippen LogP contribution in [0, 0.1) is 28.6 Å². The summed E-state index contributed by atoms with van der Waals surface area (Å²) >= 11 is 0. The Morgan fingerprint density at radius 1 is 0.920 bits per heavy atom. The van der Waals surface area contributed by atoms with Crippen LogP contribution >= 0.6 is 0 Å². The summed E-state index contributed by atoms with van der Waals surface area (Å²) in [6.45, 7) is 15.0. The summed E-state index contributed by atoms with van der Waals surface area (Å²) in [5.74, 6) is 3.08. The maximum absolute atomic E-state index is 13.8. The van der Waals surface area contributed by atoms with Gasteiger partial charge in [0.15, 0.2) is 0 Å². The summed E-state index contributed by atoms with van der Waals surface area (Å²) in [7, 11) is -1.42. The predicted octanol–water partition coefficient (Wildman–Crippen LogP) is 6.84. The first kappa shape index (κ1) is 18.3. The molecule has 4 saturated carbocycles. The zero-order chi connectivity index (χ0) is 18.2. The maximum Gasteiger partial charge on any atom is 0.146 e. The first-order chi connectivity index (χ1) is 11.7. The van der Waals surface area contributed by atoms with Gasteiger partial charge in [0.2, 0.25) is 0 Å². The fourth-order valence-electron chi connectivity index (χ4n) is 9.38. The topological polar surface area (TPSA) is 17.1 Å². The molecule has 0 aromatic rings. The van der Waals surface area contributed by atoms with E-state index in [1.807, 2.05) is 0 Å². The summed E-state index contributed by atoms with van der Waals surface area (Å²) in [6.07, 6.45) is 9.17. The van der Waals surface area contributed by atoms with Crippen LogP contribution in [0.2, 0.25) is 22.7 Å². The molecule has 0 amide bonds. The van der Waals surface area contributed by atoms with Gasteiger partial charge in [-0.3, -0.25) is 4.79 Å². The van der Waals surface area contributed by atoms with Crippen LogP contribution in [0.25, 0.3) is 0 Å². The van der Waals surface area contributed by atoms with Crippen molar-refractivity contribution in [2.45, 2.75) is 109 Å². The summed E-state index contributed by atoms with van der Waals surface area (Å²) in [5.41, 5.74) is 2.78. The summed E-state index contributed by atoms with van der Waals surface area (Å²) in [4.78, 5) is 13.8. The van der Waals surface area contributed by atoms with Crippen LogP contribution in [0.1, 0.15) is 86.5 Å². The van der Waals surface area contributed by atoms with Gasteiger partial charge in [-0.1, -0.05) is 77.1 Å². The molecule has 0 aromatic heterocycles. The van der Waals surface area contributed by atoms with E-state index < -0.39 is 8.07 Å². The fraction of sp³-hybridized carbons (Fsp3) is 0.957. The van der Waals surface area contributed by atoms with Gasteiger partial charge < -0.3 is 0 Å². The van der Waals surface area contributed by atoms with Crippen LogP contribution in [0.4, 0.5) is 0 Å². The molecule has 0 aliphatic heterocycles. The molecule has 1 unspecified atom stereocenters. The van der Waals surface area contributed by atoms with Gasteiger partial charge >= 0.3 is 0 Å². The molecule has 4 aliphatic carbocycles. The van der Waals surface area contributed by atoms with Crippen molar-refractivity contribution >= 4 is 13.9 Å². The number of fused-ring (bicyclic) bond motifs is 1. The lowest BCUT2D eigenvalue weighted by Gasteiger charge is -2.49. The Balaban J connectivity index is 1.74. The van der Waals surface area contributed by atoms with Gasteiger partial charge in [-0.25, -0.2) is 0 Å². The van der Waals surface area contributed by atoms with Crippen LogP contribution in [-0.4, -0.2) is 13.9 Å². The quantitative estimate of drug-likeness (QED) is 0.490.